The number of hydrogen-bond acceptors (Lipinski definition) is 5. The molecule has 2 aromatic heterocycles. The molecule has 84 valence electrons. The monoisotopic (exact) mass is 218 g/mol. The second-order valence-electron chi connectivity index (χ2n) is 3.90. The Balaban J connectivity index is 2.24. The molecule has 0 amide bonds. The predicted molar refractivity (Wildman–Crippen MR) is 58.7 cm³/mol. The smallest absolute Gasteiger partial charge is 0.229 e. The van der Waals surface area contributed by atoms with E-state index in [0.717, 1.165) is 5.56 Å². The van der Waals surface area contributed by atoms with Crippen molar-refractivity contribution in [2.24, 2.45) is 5.73 Å². The van der Waals surface area contributed by atoms with Crippen molar-refractivity contribution in [2.75, 3.05) is 0 Å². The quantitative estimate of drug-likeness (QED) is 0.847. The van der Waals surface area contributed by atoms with E-state index in [1.54, 1.807) is 12.4 Å². The van der Waals surface area contributed by atoms with Crippen molar-refractivity contribution in [3.05, 3.63) is 41.8 Å². The number of aromatic nitrogens is 3. The van der Waals surface area contributed by atoms with Crippen LogP contribution in [0.1, 0.15) is 43.1 Å². The molecule has 5 heteroatoms. The Morgan fingerprint density at radius 2 is 1.94 bits per heavy atom. The fourth-order valence-electron chi connectivity index (χ4n) is 1.33. The van der Waals surface area contributed by atoms with E-state index in [4.69, 9.17) is 10.3 Å². The van der Waals surface area contributed by atoms with Gasteiger partial charge in [-0.3, -0.25) is 4.98 Å². The maximum Gasteiger partial charge on any atom is 0.229 e. The molecule has 2 heterocycles. The summed E-state index contributed by atoms with van der Waals surface area (Å²) in [5, 5.41) is 3.88. The molecular weight excluding hydrogens is 204 g/mol. The third-order valence-corrected chi connectivity index (χ3v) is 2.29. The number of nitrogens with zero attached hydrogens (tertiary/aromatic N) is 3. The molecular formula is C11H14N4O. The van der Waals surface area contributed by atoms with Gasteiger partial charge < -0.3 is 10.3 Å². The van der Waals surface area contributed by atoms with Crippen LogP contribution in [0.5, 0.6) is 0 Å². The molecule has 0 saturated carbocycles. The standard InChI is InChI=1S/C11H14N4O/c1-7(2)11-14-10(15-16-11)9(12)8-3-5-13-6-4-8/h3-7,9H,12H2,1-2H3. The van der Waals surface area contributed by atoms with E-state index in [0.29, 0.717) is 11.7 Å². The Hall–Kier alpha value is -1.75. The highest BCUT2D eigenvalue weighted by Crippen LogP contribution is 2.18. The molecule has 0 aliphatic rings. The SMILES string of the molecule is CC(C)c1nc(C(N)c2ccncc2)no1. The van der Waals surface area contributed by atoms with Crippen LogP contribution in [-0.4, -0.2) is 15.1 Å². The third kappa shape index (κ3) is 2.09. The van der Waals surface area contributed by atoms with Crippen LogP contribution in [0.15, 0.2) is 29.0 Å². The van der Waals surface area contributed by atoms with E-state index in [1.807, 2.05) is 26.0 Å². The fraction of sp³-hybridized carbons (Fsp3) is 0.364. The van der Waals surface area contributed by atoms with Crippen LogP contribution >= 0.6 is 0 Å². The van der Waals surface area contributed by atoms with Gasteiger partial charge in [0.25, 0.3) is 0 Å². The first kappa shape index (κ1) is 10.8. The first-order valence-electron chi connectivity index (χ1n) is 5.17. The van der Waals surface area contributed by atoms with Crippen molar-refractivity contribution in [3.8, 4) is 0 Å². The molecule has 2 N–H and O–H groups in total. The molecule has 16 heavy (non-hydrogen) atoms. The van der Waals surface area contributed by atoms with E-state index in [2.05, 4.69) is 15.1 Å². The Morgan fingerprint density at radius 3 is 2.50 bits per heavy atom. The van der Waals surface area contributed by atoms with Crippen molar-refractivity contribution in [2.45, 2.75) is 25.8 Å². The molecule has 5 nitrogen and oxygen atoms in total. The summed E-state index contributed by atoms with van der Waals surface area (Å²) in [5.74, 6) is 1.33. The van der Waals surface area contributed by atoms with Crippen LogP contribution in [0.25, 0.3) is 0 Å². The van der Waals surface area contributed by atoms with Crippen molar-refractivity contribution in [1.29, 1.82) is 0 Å². The molecule has 2 aromatic rings. The minimum absolute atomic E-state index is 0.214. The molecule has 1 atom stereocenters. The van der Waals surface area contributed by atoms with Crippen molar-refractivity contribution in [1.82, 2.24) is 15.1 Å². The topological polar surface area (TPSA) is 77.8 Å². The Morgan fingerprint density at radius 1 is 1.25 bits per heavy atom. The summed E-state index contributed by atoms with van der Waals surface area (Å²) in [4.78, 5) is 8.20. The molecule has 0 aromatic carbocycles. The zero-order chi connectivity index (χ0) is 11.5. The van der Waals surface area contributed by atoms with E-state index in [-0.39, 0.29) is 12.0 Å². The Labute approximate surface area is 93.7 Å². The van der Waals surface area contributed by atoms with Gasteiger partial charge in [-0.15, -0.1) is 0 Å². The summed E-state index contributed by atoms with van der Waals surface area (Å²) >= 11 is 0. The van der Waals surface area contributed by atoms with Gasteiger partial charge in [0.05, 0.1) is 6.04 Å². The minimum atomic E-state index is -0.362. The largest absolute Gasteiger partial charge is 0.339 e. The first-order chi connectivity index (χ1) is 7.68. The van der Waals surface area contributed by atoms with Gasteiger partial charge in [-0.1, -0.05) is 19.0 Å². The van der Waals surface area contributed by atoms with Gasteiger partial charge in [0.1, 0.15) is 0 Å². The van der Waals surface area contributed by atoms with Crippen LogP contribution < -0.4 is 5.73 Å². The highest BCUT2D eigenvalue weighted by Gasteiger charge is 2.17. The van der Waals surface area contributed by atoms with E-state index >= 15 is 0 Å². The molecule has 0 fully saturated rings. The van der Waals surface area contributed by atoms with Gasteiger partial charge >= 0.3 is 0 Å². The lowest BCUT2D eigenvalue weighted by Gasteiger charge is -2.05. The van der Waals surface area contributed by atoms with E-state index < -0.39 is 0 Å². The lowest BCUT2D eigenvalue weighted by atomic mass is 10.1. The molecule has 0 spiro atoms. The van der Waals surface area contributed by atoms with Gasteiger partial charge in [0.2, 0.25) is 5.89 Å². The van der Waals surface area contributed by atoms with Gasteiger partial charge in [-0.2, -0.15) is 4.98 Å². The minimum Gasteiger partial charge on any atom is -0.339 e. The predicted octanol–water partition coefficient (Wildman–Crippen LogP) is 1.64. The molecule has 0 aliphatic carbocycles. The molecule has 2 rings (SSSR count). The summed E-state index contributed by atoms with van der Waals surface area (Å²) in [6.45, 7) is 3.99. The highest BCUT2D eigenvalue weighted by atomic mass is 16.5. The van der Waals surface area contributed by atoms with Gasteiger partial charge in [-0.25, -0.2) is 0 Å². The summed E-state index contributed by atoms with van der Waals surface area (Å²) in [5.41, 5.74) is 6.94. The maximum atomic E-state index is 6.02. The van der Waals surface area contributed by atoms with E-state index in [1.165, 1.54) is 0 Å². The normalized spacial score (nSPS) is 13.0. The summed E-state index contributed by atoms with van der Waals surface area (Å²) in [7, 11) is 0. The van der Waals surface area contributed by atoms with Gasteiger partial charge in [0.15, 0.2) is 5.82 Å². The van der Waals surface area contributed by atoms with Crippen LogP contribution in [0, 0.1) is 0 Å². The Kier molecular flexibility index (Phi) is 2.96. The van der Waals surface area contributed by atoms with Crippen LogP contribution in [-0.2, 0) is 0 Å². The third-order valence-electron chi connectivity index (χ3n) is 2.29. The molecule has 0 aliphatic heterocycles. The molecule has 0 saturated heterocycles. The summed E-state index contributed by atoms with van der Waals surface area (Å²) in [6.07, 6.45) is 3.39. The van der Waals surface area contributed by atoms with Crippen LogP contribution in [0.3, 0.4) is 0 Å². The number of hydrogen-bond donors (Lipinski definition) is 1. The lowest BCUT2D eigenvalue weighted by molar-refractivity contribution is 0.359. The maximum absolute atomic E-state index is 6.02. The fourth-order valence-corrected chi connectivity index (χ4v) is 1.33. The summed E-state index contributed by atoms with van der Waals surface area (Å²) < 4.78 is 5.11. The Bertz CT molecular complexity index is 452. The average molecular weight is 218 g/mol. The van der Waals surface area contributed by atoms with Crippen molar-refractivity contribution in [3.63, 3.8) is 0 Å². The van der Waals surface area contributed by atoms with Crippen LogP contribution in [0.2, 0.25) is 0 Å². The van der Waals surface area contributed by atoms with Crippen LogP contribution in [0.4, 0.5) is 0 Å². The zero-order valence-electron chi connectivity index (χ0n) is 9.29. The molecule has 0 radical (unpaired) electrons. The number of pyridine rings is 1. The average Bonchev–Trinajstić information content (AvgIpc) is 2.78. The highest BCUT2D eigenvalue weighted by molar-refractivity contribution is 5.20. The van der Waals surface area contributed by atoms with Gasteiger partial charge in [0, 0.05) is 18.3 Å². The molecule has 0 bridgehead atoms. The lowest BCUT2D eigenvalue weighted by Crippen LogP contribution is -2.13. The van der Waals surface area contributed by atoms with Crippen molar-refractivity contribution < 1.29 is 4.52 Å². The number of nitrogens with two attached hydrogens (primary N) is 1. The number of rotatable bonds is 3. The van der Waals surface area contributed by atoms with Crippen molar-refractivity contribution >= 4 is 0 Å². The zero-order valence-corrected chi connectivity index (χ0v) is 9.29. The van der Waals surface area contributed by atoms with E-state index in [9.17, 15) is 0 Å². The first-order valence-corrected chi connectivity index (χ1v) is 5.17. The second kappa shape index (κ2) is 4.40. The summed E-state index contributed by atoms with van der Waals surface area (Å²) in [6, 6.07) is 3.32. The second-order valence-corrected chi connectivity index (χ2v) is 3.90. The molecule has 1 unspecified atom stereocenters. The van der Waals surface area contributed by atoms with Gasteiger partial charge in [-0.05, 0) is 17.7 Å².